The molecule has 2 nitrogen and oxygen atoms in total. The van der Waals surface area contributed by atoms with E-state index in [0.717, 1.165) is 23.1 Å². The summed E-state index contributed by atoms with van der Waals surface area (Å²) >= 11 is 12.8. The molecule has 0 bridgehead atoms. The highest BCUT2D eigenvalue weighted by atomic mass is 35.5. The molecule has 2 aromatic rings. The summed E-state index contributed by atoms with van der Waals surface area (Å²) in [5, 5.41) is 1.02. The second kappa shape index (κ2) is 7.12. The lowest BCUT2D eigenvalue weighted by atomic mass is 9.94. The first-order chi connectivity index (χ1) is 11.5. The summed E-state index contributed by atoms with van der Waals surface area (Å²) < 4.78 is 18.4. The van der Waals surface area contributed by atoms with Crippen LogP contribution in [-0.2, 0) is 16.0 Å². The first-order valence-electron chi connectivity index (χ1n) is 7.92. The maximum atomic E-state index is 13.1. The Hall–Kier alpha value is -1.58. The Balaban J connectivity index is 1.85. The largest absolute Gasteiger partial charge is 0.462 e. The Labute approximate surface area is 150 Å². The van der Waals surface area contributed by atoms with Crippen LogP contribution < -0.4 is 0 Å². The Morgan fingerprint density at radius 1 is 1.12 bits per heavy atom. The number of cyclic esters (lactones) is 1. The molecule has 126 valence electrons. The molecular formula is C19H17Cl2FO2. The predicted molar refractivity (Wildman–Crippen MR) is 93.8 cm³/mol. The zero-order valence-corrected chi connectivity index (χ0v) is 14.7. The third-order valence-corrected chi connectivity index (χ3v) is 5.06. The molecule has 0 spiro atoms. The quantitative estimate of drug-likeness (QED) is 0.650. The van der Waals surface area contributed by atoms with Crippen molar-refractivity contribution < 1.29 is 13.9 Å². The maximum Gasteiger partial charge on any atom is 0.309 e. The Morgan fingerprint density at radius 2 is 1.75 bits per heavy atom. The van der Waals surface area contributed by atoms with Crippen LogP contribution >= 0.6 is 23.2 Å². The van der Waals surface area contributed by atoms with Crippen molar-refractivity contribution in [1.82, 2.24) is 0 Å². The molecule has 24 heavy (non-hydrogen) atoms. The van der Waals surface area contributed by atoms with Crippen molar-refractivity contribution in [3.05, 3.63) is 57.8 Å². The van der Waals surface area contributed by atoms with E-state index < -0.39 is 0 Å². The monoisotopic (exact) mass is 366 g/mol. The van der Waals surface area contributed by atoms with Crippen LogP contribution in [-0.4, -0.2) is 12.1 Å². The van der Waals surface area contributed by atoms with Crippen molar-refractivity contribution in [1.29, 1.82) is 0 Å². The van der Waals surface area contributed by atoms with Crippen molar-refractivity contribution in [2.75, 3.05) is 0 Å². The maximum absolute atomic E-state index is 13.1. The first-order valence-corrected chi connectivity index (χ1v) is 8.68. The summed E-state index contributed by atoms with van der Waals surface area (Å²) in [4.78, 5) is 11.9. The van der Waals surface area contributed by atoms with Crippen LogP contribution in [0, 0.1) is 11.7 Å². The summed E-state index contributed by atoms with van der Waals surface area (Å²) in [5.41, 5.74) is 2.40. The molecule has 1 aliphatic rings. The Kier molecular flexibility index (Phi) is 5.12. The van der Waals surface area contributed by atoms with Crippen molar-refractivity contribution in [2.45, 2.75) is 32.3 Å². The van der Waals surface area contributed by atoms with E-state index in [0.29, 0.717) is 22.9 Å². The van der Waals surface area contributed by atoms with Crippen molar-refractivity contribution >= 4 is 29.2 Å². The average molecular weight is 367 g/mol. The summed E-state index contributed by atoms with van der Waals surface area (Å²) in [6.07, 6.45) is 1.96. The second-order valence-corrected chi connectivity index (χ2v) is 6.84. The molecule has 0 N–H and O–H groups in total. The number of hydrogen-bond acceptors (Lipinski definition) is 2. The number of rotatable bonds is 4. The van der Waals surface area contributed by atoms with E-state index >= 15 is 0 Å². The van der Waals surface area contributed by atoms with E-state index in [1.807, 2.05) is 6.92 Å². The van der Waals surface area contributed by atoms with E-state index in [9.17, 15) is 9.18 Å². The van der Waals surface area contributed by atoms with Gasteiger partial charge >= 0.3 is 5.97 Å². The van der Waals surface area contributed by atoms with Gasteiger partial charge in [0.2, 0.25) is 0 Å². The van der Waals surface area contributed by atoms with Gasteiger partial charge in [0.1, 0.15) is 11.9 Å². The Bertz CT molecular complexity index is 735. The van der Waals surface area contributed by atoms with Gasteiger partial charge < -0.3 is 4.74 Å². The molecule has 0 amide bonds. The predicted octanol–water partition coefficient (Wildman–Crippen LogP) is 5.68. The van der Waals surface area contributed by atoms with E-state index in [2.05, 4.69) is 0 Å². The topological polar surface area (TPSA) is 26.3 Å². The third-order valence-electron chi connectivity index (χ3n) is 4.39. The standard InChI is InChI=1S/C19H17Cl2FO2/c1-2-15-7-13(19(23)24-15)8-16-17(20)9-12(10-18(16)21)11-3-5-14(22)6-4-11/h3-6,9-10,13,15H,2,7-8H2,1H3/t13-,15+/m0/s1. The highest BCUT2D eigenvalue weighted by molar-refractivity contribution is 6.36. The number of halogens is 3. The minimum absolute atomic E-state index is 0.0152. The van der Waals surface area contributed by atoms with Gasteiger partial charge in [0.25, 0.3) is 0 Å². The van der Waals surface area contributed by atoms with Crippen LogP contribution in [0.5, 0.6) is 0 Å². The number of carbonyl (C=O) groups is 1. The number of ether oxygens (including phenoxy) is 1. The molecule has 3 rings (SSSR count). The molecule has 0 saturated carbocycles. The number of carbonyl (C=O) groups excluding carboxylic acids is 1. The molecule has 1 saturated heterocycles. The smallest absolute Gasteiger partial charge is 0.309 e. The van der Waals surface area contributed by atoms with Crippen LogP contribution in [0.1, 0.15) is 25.3 Å². The van der Waals surface area contributed by atoms with Crippen LogP contribution in [0.15, 0.2) is 36.4 Å². The fourth-order valence-electron chi connectivity index (χ4n) is 2.99. The lowest BCUT2D eigenvalue weighted by Crippen LogP contribution is -2.11. The van der Waals surface area contributed by atoms with Gasteiger partial charge in [-0.05, 0) is 60.2 Å². The zero-order chi connectivity index (χ0) is 17.3. The molecule has 2 aromatic carbocycles. The van der Waals surface area contributed by atoms with Gasteiger partial charge in [-0.3, -0.25) is 4.79 Å². The molecule has 0 aliphatic carbocycles. The number of esters is 1. The van der Waals surface area contributed by atoms with E-state index in [1.165, 1.54) is 12.1 Å². The molecule has 0 radical (unpaired) electrons. The van der Waals surface area contributed by atoms with Gasteiger partial charge in [-0.25, -0.2) is 4.39 Å². The van der Waals surface area contributed by atoms with Gasteiger partial charge in [-0.2, -0.15) is 0 Å². The molecule has 0 aromatic heterocycles. The van der Waals surface area contributed by atoms with E-state index in [1.54, 1.807) is 24.3 Å². The first kappa shape index (κ1) is 17.2. The van der Waals surface area contributed by atoms with Gasteiger partial charge in [0, 0.05) is 10.0 Å². The van der Waals surface area contributed by atoms with Gasteiger partial charge in [0.05, 0.1) is 5.92 Å². The van der Waals surface area contributed by atoms with Gasteiger partial charge in [0.15, 0.2) is 0 Å². The lowest BCUT2D eigenvalue weighted by Gasteiger charge is -2.12. The molecule has 1 aliphatic heterocycles. The molecule has 1 fully saturated rings. The lowest BCUT2D eigenvalue weighted by molar-refractivity contribution is -0.144. The minimum Gasteiger partial charge on any atom is -0.462 e. The molecule has 1 heterocycles. The van der Waals surface area contributed by atoms with Crippen molar-refractivity contribution in [3.8, 4) is 11.1 Å². The van der Waals surface area contributed by atoms with Crippen LogP contribution in [0.2, 0.25) is 10.0 Å². The van der Waals surface area contributed by atoms with E-state index in [4.69, 9.17) is 27.9 Å². The van der Waals surface area contributed by atoms with Gasteiger partial charge in [-0.15, -0.1) is 0 Å². The van der Waals surface area contributed by atoms with Crippen LogP contribution in [0.25, 0.3) is 11.1 Å². The van der Waals surface area contributed by atoms with Gasteiger partial charge in [-0.1, -0.05) is 42.3 Å². The van der Waals surface area contributed by atoms with Crippen molar-refractivity contribution in [3.63, 3.8) is 0 Å². The molecular weight excluding hydrogens is 350 g/mol. The summed E-state index contributed by atoms with van der Waals surface area (Å²) in [6, 6.07) is 9.74. The fraction of sp³-hybridized carbons (Fsp3) is 0.316. The highest BCUT2D eigenvalue weighted by Gasteiger charge is 2.34. The number of benzene rings is 2. The summed E-state index contributed by atoms with van der Waals surface area (Å²) in [6.45, 7) is 2.00. The number of hydrogen-bond donors (Lipinski definition) is 0. The molecule has 0 unspecified atom stereocenters. The van der Waals surface area contributed by atoms with Crippen LogP contribution in [0.3, 0.4) is 0 Å². The fourth-order valence-corrected chi connectivity index (χ4v) is 3.63. The zero-order valence-electron chi connectivity index (χ0n) is 13.2. The van der Waals surface area contributed by atoms with E-state index in [-0.39, 0.29) is 23.8 Å². The SMILES string of the molecule is CC[C@@H]1C[C@@H](Cc2c(Cl)cc(-c3ccc(F)cc3)cc2Cl)C(=O)O1. The minimum atomic E-state index is -0.294. The molecule has 5 heteroatoms. The van der Waals surface area contributed by atoms with Crippen molar-refractivity contribution in [2.24, 2.45) is 5.92 Å². The average Bonchev–Trinajstić information content (AvgIpc) is 2.91. The summed E-state index contributed by atoms with van der Waals surface area (Å²) in [7, 11) is 0. The highest BCUT2D eigenvalue weighted by Crippen LogP contribution is 2.36. The van der Waals surface area contributed by atoms with Crippen LogP contribution in [0.4, 0.5) is 4.39 Å². The third kappa shape index (κ3) is 3.57. The summed E-state index contributed by atoms with van der Waals surface area (Å²) in [5.74, 6) is -0.684. The normalized spacial score (nSPS) is 20.2. The second-order valence-electron chi connectivity index (χ2n) is 6.03. The molecule has 2 atom stereocenters. The Morgan fingerprint density at radius 3 is 2.29 bits per heavy atom.